The van der Waals surface area contributed by atoms with E-state index < -0.39 is 21.5 Å². The number of para-hydroxylation sites is 1. The van der Waals surface area contributed by atoms with E-state index in [1.807, 2.05) is 36.1 Å². The summed E-state index contributed by atoms with van der Waals surface area (Å²) in [6, 6.07) is 7.41. The maximum Gasteiger partial charge on any atom is 0.407 e. The Morgan fingerprint density at radius 3 is 2.63 bits per heavy atom. The molecule has 0 saturated carbocycles. The van der Waals surface area contributed by atoms with Gasteiger partial charge >= 0.3 is 6.09 Å². The maximum atomic E-state index is 12.4. The Morgan fingerprint density at radius 1 is 1.27 bits per heavy atom. The molecule has 2 amide bonds. The van der Waals surface area contributed by atoms with Crippen molar-refractivity contribution in [1.29, 1.82) is 0 Å². The van der Waals surface area contributed by atoms with E-state index in [9.17, 15) is 18.0 Å². The number of rotatable bonds is 4. The zero-order chi connectivity index (χ0) is 22.1. The number of aryl methyl sites for hydroxylation is 1. The summed E-state index contributed by atoms with van der Waals surface area (Å²) in [5.74, 6) is -0.250. The third kappa shape index (κ3) is 5.54. The molecule has 1 aromatic carbocycles. The predicted molar refractivity (Wildman–Crippen MR) is 119 cm³/mol. The van der Waals surface area contributed by atoms with Gasteiger partial charge in [-0.25, -0.2) is 13.2 Å². The number of hydrogen-bond acceptors (Lipinski definition) is 6. The second-order valence-electron chi connectivity index (χ2n) is 8.42. The highest BCUT2D eigenvalue weighted by Gasteiger charge is 2.49. The van der Waals surface area contributed by atoms with Crippen molar-refractivity contribution in [2.24, 2.45) is 4.99 Å². The van der Waals surface area contributed by atoms with Crippen LogP contribution in [-0.4, -0.2) is 60.5 Å². The van der Waals surface area contributed by atoms with E-state index in [-0.39, 0.29) is 41.7 Å². The van der Waals surface area contributed by atoms with Gasteiger partial charge in [0.05, 0.1) is 17.5 Å². The normalized spacial score (nSPS) is 24.0. The van der Waals surface area contributed by atoms with Gasteiger partial charge in [-0.15, -0.1) is 0 Å². The topological polar surface area (TPSA) is 105 Å². The monoisotopic (exact) mass is 453 g/mol. The molecule has 0 bridgehead atoms. The van der Waals surface area contributed by atoms with Gasteiger partial charge in [-0.1, -0.05) is 30.0 Å². The highest BCUT2D eigenvalue weighted by molar-refractivity contribution is 8.16. The van der Waals surface area contributed by atoms with Crippen LogP contribution in [0.3, 0.4) is 0 Å². The Morgan fingerprint density at radius 2 is 1.97 bits per heavy atom. The van der Waals surface area contributed by atoms with E-state index in [0.29, 0.717) is 5.17 Å². The van der Waals surface area contributed by atoms with Crippen LogP contribution in [0.5, 0.6) is 0 Å². The van der Waals surface area contributed by atoms with E-state index in [1.165, 1.54) is 11.8 Å². The summed E-state index contributed by atoms with van der Waals surface area (Å²) in [5.41, 5.74) is 1.23. The molecule has 0 aliphatic carbocycles. The summed E-state index contributed by atoms with van der Waals surface area (Å²) in [6.07, 6.45) is -0.557. The lowest BCUT2D eigenvalue weighted by molar-refractivity contribution is -0.117. The Balaban J connectivity index is 1.72. The van der Waals surface area contributed by atoms with Gasteiger partial charge in [-0.05, 0) is 39.3 Å². The fraction of sp³-hybridized carbons (Fsp3) is 0.550. The molecular formula is C20H27N3O5S2. The van der Waals surface area contributed by atoms with Crippen LogP contribution >= 0.6 is 11.8 Å². The Bertz CT molecular complexity index is 969. The lowest BCUT2D eigenvalue weighted by Crippen LogP contribution is -2.38. The number of nitrogens with zero attached hydrogens (tertiary/aromatic N) is 2. The van der Waals surface area contributed by atoms with E-state index in [4.69, 9.17) is 4.74 Å². The third-order valence-corrected chi connectivity index (χ3v) is 7.88. The Kier molecular flexibility index (Phi) is 6.47. The van der Waals surface area contributed by atoms with E-state index in [1.54, 1.807) is 20.8 Å². The fourth-order valence-electron chi connectivity index (χ4n) is 3.43. The van der Waals surface area contributed by atoms with Gasteiger partial charge in [0.25, 0.3) is 0 Å². The zero-order valence-corrected chi connectivity index (χ0v) is 19.2. The minimum Gasteiger partial charge on any atom is -0.444 e. The molecule has 10 heteroatoms. The predicted octanol–water partition coefficient (Wildman–Crippen LogP) is 2.51. The summed E-state index contributed by atoms with van der Waals surface area (Å²) in [6.45, 7) is 7.34. The van der Waals surface area contributed by atoms with Crippen molar-refractivity contribution < 1.29 is 22.7 Å². The molecule has 0 radical (unpaired) electrons. The second-order valence-corrected chi connectivity index (χ2v) is 11.8. The molecule has 2 aliphatic heterocycles. The third-order valence-electron chi connectivity index (χ3n) is 4.67. The fourth-order valence-corrected chi connectivity index (χ4v) is 7.35. The molecule has 2 fully saturated rings. The minimum atomic E-state index is -3.11. The first-order valence-corrected chi connectivity index (χ1v) is 12.5. The smallest absolute Gasteiger partial charge is 0.407 e. The molecule has 164 valence electrons. The molecule has 2 unspecified atom stereocenters. The van der Waals surface area contributed by atoms with Gasteiger partial charge in [0.15, 0.2) is 15.0 Å². The number of fused-ring (bicyclic) bond motifs is 1. The van der Waals surface area contributed by atoms with Crippen LogP contribution in [0.1, 0.15) is 32.8 Å². The number of ether oxygens (including phenoxy) is 1. The zero-order valence-electron chi connectivity index (χ0n) is 17.5. The number of amidine groups is 1. The van der Waals surface area contributed by atoms with Crippen molar-refractivity contribution in [3.05, 3.63) is 29.8 Å². The number of anilines is 1. The number of benzene rings is 1. The number of carbonyl (C=O) groups is 2. The van der Waals surface area contributed by atoms with Crippen LogP contribution in [-0.2, 0) is 19.4 Å². The van der Waals surface area contributed by atoms with Crippen molar-refractivity contribution in [1.82, 2.24) is 5.32 Å². The molecule has 1 aromatic rings. The summed E-state index contributed by atoms with van der Waals surface area (Å²) < 4.78 is 29.4. The van der Waals surface area contributed by atoms with Crippen LogP contribution in [0.25, 0.3) is 0 Å². The van der Waals surface area contributed by atoms with Crippen LogP contribution in [0.2, 0.25) is 0 Å². The number of hydrogen-bond donors (Lipinski definition) is 1. The Hall–Kier alpha value is -2.07. The molecule has 2 aliphatic rings. The lowest BCUT2D eigenvalue weighted by Gasteiger charge is -2.26. The molecule has 1 N–H and O–H groups in total. The van der Waals surface area contributed by atoms with E-state index in [0.717, 1.165) is 11.3 Å². The first-order chi connectivity index (χ1) is 14.0. The molecule has 2 saturated heterocycles. The van der Waals surface area contributed by atoms with Gasteiger partial charge in [0, 0.05) is 23.9 Å². The summed E-state index contributed by atoms with van der Waals surface area (Å²) in [4.78, 5) is 30.3. The van der Waals surface area contributed by atoms with Crippen molar-refractivity contribution in [2.45, 2.75) is 51.0 Å². The second kappa shape index (κ2) is 8.58. The first-order valence-electron chi connectivity index (χ1n) is 9.75. The van der Waals surface area contributed by atoms with Crippen LogP contribution in [0, 0.1) is 6.92 Å². The van der Waals surface area contributed by atoms with Gasteiger partial charge < -0.3 is 15.0 Å². The van der Waals surface area contributed by atoms with Gasteiger partial charge in [0.2, 0.25) is 5.91 Å². The molecule has 3 rings (SSSR count). The molecular weight excluding hydrogens is 426 g/mol. The van der Waals surface area contributed by atoms with Gasteiger partial charge in [-0.3, -0.25) is 4.79 Å². The van der Waals surface area contributed by atoms with E-state index in [2.05, 4.69) is 10.3 Å². The number of carbonyl (C=O) groups excluding carboxylic acids is 2. The van der Waals surface area contributed by atoms with Gasteiger partial charge in [-0.2, -0.15) is 4.99 Å². The largest absolute Gasteiger partial charge is 0.444 e. The van der Waals surface area contributed by atoms with Crippen LogP contribution in [0.15, 0.2) is 29.3 Å². The highest BCUT2D eigenvalue weighted by Crippen LogP contribution is 2.41. The maximum absolute atomic E-state index is 12.4. The Labute approximate surface area is 181 Å². The minimum absolute atomic E-state index is 0.0263. The quantitative estimate of drug-likeness (QED) is 0.747. The molecule has 0 aromatic heterocycles. The van der Waals surface area contributed by atoms with Crippen molar-refractivity contribution in [2.75, 3.05) is 23.0 Å². The molecule has 0 spiro atoms. The summed E-state index contributed by atoms with van der Waals surface area (Å²) in [5, 5.41) is 2.91. The molecule has 2 heterocycles. The average Bonchev–Trinajstić information content (AvgIpc) is 3.05. The lowest BCUT2D eigenvalue weighted by atomic mass is 10.1. The van der Waals surface area contributed by atoms with Crippen LogP contribution in [0.4, 0.5) is 10.5 Å². The van der Waals surface area contributed by atoms with Gasteiger partial charge in [0.1, 0.15) is 5.60 Å². The highest BCUT2D eigenvalue weighted by atomic mass is 32.2. The number of thioether (sulfide) groups is 1. The standard InChI is InChI=1S/C20H27N3O5S2/c1-13-7-5-6-8-14(13)23-15-11-30(26,27)12-16(15)29-18(23)22-17(24)9-10-21-19(25)28-20(2,3)4/h5-8,15-16H,9-12H2,1-4H3,(H,21,25). The SMILES string of the molecule is Cc1ccccc1N1C(=NC(=O)CCNC(=O)OC(C)(C)C)SC2CS(=O)(=O)CC21. The molecule has 2 atom stereocenters. The average molecular weight is 454 g/mol. The van der Waals surface area contributed by atoms with E-state index >= 15 is 0 Å². The number of amides is 2. The molecule has 30 heavy (non-hydrogen) atoms. The molecule has 8 nitrogen and oxygen atoms in total. The van der Waals surface area contributed by atoms with Crippen molar-refractivity contribution in [3.63, 3.8) is 0 Å². The number of sulfone groups is 1. The first kappa shape index (κ1) is 22.6. The van der Waals surface area contributed by atoms with Crippen LogP contribution < -0.4 is 10.2 Å². The number of alkyl carbamates (subject to hydrolysis) is 1. The number of nitrogens with one attached hydrogen (secondary N) is 1. The van der Waals surface area contributed by atoms with Crippen molar-refractivity contribution in [3.8, 4) is 0 Å². The summed E-state index contributed by atoms with van der Waals surface area (Å²) >= 11 is 1.34. The van der Waals surface area contributed by atoms with Crippen molar-refractivity contribution >= 4 is 44.5 Å². The summed E-state index contributed by atoms with van der Waals surface area (Å²) in [7, 11) is -3.11. The number of aliphatic imine (C=N–C) groups is 1.